The third kappa shape index (κ3) is 2.86. The second-order valence-corrected chi connectivity index (χ2v) is 4.27. The molecule has 1 N–H and O–H groups in total. The number of aryl methyl sites for hydroxylation is 1. The van der Waals surface area contributed by atoms with Crippen LogP contribution in [0, 0.1) is 18.3 Å². The van der Waals surface area contributed by atoms with Crippen LogP contribution in [0.4, 0.5) is 5.69 Å². The van der Waals surface area contributed by atoms with Crippen molar-refractivity contribution in [3.05, 3.63) is 59.2 Å². The van der Waals surface area contributed by atoms with E-state index < -0.39 is 0 Å². The van der Waals surface area contributed by atoms with E-state index in [-0.39, 0.29) is 0 Å². The van der Waals surface area contributed by atoms with Crippen LogP contribution in [0.2, 0.25) is 0 Å². The predicted octanol–water partition coefficient (Wildman–Crippen LogP) is 3.49. The Hall–Kier alpha value is -2.47. The Morgan fingerprint density at radius 3 is 2.68 bits per heavy atom. The summed E-state index contributed by atoms with van der Waals surface area (Å²) in [5.41, 5.74) is 3.68. The monoisotopic (exact) mass is 252 g/mol. The van der Waals surface area contributed by atoms with E-state index >= 15 is 0 Å². The van der Waals surface area contributed by atoms with E-state index in [1.165, 1.54) is 0 Å². The Bertz CT molecular complexity index is 614. The van der Waals surface area contributed by atoms with E-state index in [1.807, 2.05) is 49.4 Å². The molecule has 0 radical (unpaired) electrons. The molecule has 0 heterocycles. The van der Waals surface area contributed by atoms with E-state index in [2.05, 4.69) is 11.4 Å². The molecule has 96 valence electrons. The zero-order chi connectivity index (χ0) is 13.7. The lowest BCUT2D eigenvalue weighted by atomic mass is 10.1. The van der Waals surface area contributed by atoms with Crippen LogP contribution in [0.1, 0.15) is 16.7 Å². The van der Waals surface area contributed by atoms with Gasteiger partial charge in [-0.1, -0.05) is 30.3 Å². The number of para-hydroxylation sites is 2. The van der Waals surface area contributed by atoms with Crippen LogP contribution >= 0.6 is 0 Å². The lowest BCUT2D eigenvalue weighted by Crippen LogP contribution is -2.04. The fourth-order valence-electron chi connectivity index (χ4n) is 2.03. The first-order valence-electron chi connectivity index (χ1n) is 6.11. The van der Waals surface area contributed by atoms with Crippen molar-refractivity contribution in [3.8, 4) is 11.8 Å². The third-order valence-electron chi connectivity index (χ3n) is 3.04. The number of hydrogen-bond donors (Lipinski definition) is 1. The molecular weight excluding hydrogens is 236 g/mol. The highest BCUT2D eigenvalue weighted by Crippen LogP contribution is 2.23. The zero-order valence-electron chi connectivity index (χ0n) is 11.1. The molecule has 0 aliphatic carbocycles. The van der Waals surface area contributed by atoms with Crippen LogP contribution in [-0.2, 0) is 6.54 Å². The number of nitrogens with one attached hydrogen (secondary N) is 1. The first kappa shape index (κ1) is 13.0. The number of ether oxygens (including phenoxy) is 1. The number of rotatable bonds is 4. The molecule has 0 saturated carbocycles. The summed E-state index contributed by atoms with van der Waals surface area (Å²) < 4.78 is 5.32. The van der Waals surface area contributed by atoms with Gasteiger partial charge in [0.05, 0.1) is 18.4 Å². The average molecular weight is 252 g/mol. The fraction of sp³-hybridized carbons (Fsp3) is 0.188. The Kier molecular flexibility index (Phi) is 4.04. The van der Waals surface area contributed by atoms with Crippen molar-refractivity contribution in [2.45, 2.75) is 13.5 Å². The summed E-state index contributed by atoms with van der Waals surface area (Å²) in [6.07, 6.45) is 0. The van der Waals surface area contributed by atoms with Gasteiger partial charge in [0.15, 0.2) is 0 Å². The summed E-state index contributed by atoms with van der Waals surface area (Å²) in [4.78, 5) is 0. The van der Waals surface area contributed by atoms with Gasteiger partial charge in [0.1, 0.15) is 11.8 Å². The lowest BCUT2D eigenvalue weighted by Gasteiger charge is -2.13. The number of nitriles is 1. The quantitative estimate of drug-likeness (QED) is 0.906. The molecule has 0 aliphatic heterocycles. The molecule has 0 saturated heterocycles. The van der Waals surface area contributed by atoms with E-state index in [1.54, 1.807) is 7.11 Å². The Morgan fingerprint density at radius 2 is 1.95 bits per heavy atom. The van der Waals surface area contributed by atoms with Crippen molar-refractivity contribution in [1.82, 2.24) is 0 Å². The molecule has 0 atom stereocenters. The van der Waals surface area contributed by atoms with Gasteiger partial charge < -0.3 is 10.1 Å². The van der Waals surface area contributed by atoms with Gasteiger partial charge in [-0.2, -0.15) is 5.26 Å². The zero-order valence-corrected chi connectivity index (χ0v) is 11.1. The third-order valence-corrected chi connectivity index (χ3v) is 3.04. The molecule has 2 rings (SSSR count). The summed E-state index contributed by atoms with van der Waals surface area (Å²) in [6.45, 7) is 2.62. The molecule has 0 amide bonds. The maximum Gasteiger partial charge on any atom is 0.123 e. The first-order chi connectivity index (χ1) is 9.26. The van der Waals surface area contributed by atoms with Gasteiger partial charge in [-0.3, -0.25) is 0 Å². The van der Waals surface area contributed by atoms with Crippen LogP contribution < -0.4 is 10.1 Å². The van der Waals surface area contributed by atoms with Crippen LogP contribution in [0.25, 0.3) is 0 Å². The smallest absolute Gasteiger partial charge is 0.123 e. The molecule has 3 nitrogen and oxygen atoms in total. The van der Waals surface area contributed by atoms with Gasteiger partial charge >= 0.3 is 0 Å². The van der Waals surface area contributed by atoms with Gasteiger partial charge in [0, 0.05) is 12.1 Å². The van der Waals surface area contributed by atoms with Gasteiger partial charge in [-0.05, 0) is 24.6 Å². The molecule has 2 aromatic carbocycles. The SMILES string of the molecule is COc1ccccc1CNc1c(C)cccc1C#N. The van der Waals surface area contributed by atoms with E-state index in [9.17, 15) is 0 Å². The van der Waals surface area contributed by atoms with Crippen molar-refractivity contribution in [2.24, 2.45) is 0 Å². The van der Waals surface area contributed by atoms with Gasteiger partial charge in [-0.25, -0.2) is 0 Å². The summed E-state index contributed by atoms with van der Waals surface area (Å²) in [5, 5.41) is 12.4. The van der Waals surface area contributed by atoms with E-state index in [0.717, 1.165) is 22.6 Å². The summed E-state index contributed by atoms with van der Waals surface area (Å²) >= 11 is 0. The summed E-state index contributed by atoms with van der Waals surface area (Å²) in [5.74, 6) is 0.849. The number of anilines is 1. The van der Waals surface area contributed by atoms with Crippen LogP contribution in [0.3, 0.4) is 0 Å². The highest BCUT2D eigenvalue weighted by Gasteiger charge is 2.06. The van der Waals surface area contributed by atoms with Crippen LogP contribution in [0.15, 0.2) is 42.5 Å². The van der Waals surface area contributed by atoms with Crippen LogP contribution in [0.5, 0.6) is 5.75 Å². The molecule has 19 heavy (non-hydrogen) atoms. The number of nitrogens with zero attached hydrogens (tertiary/aromatic N) is 1. The van der Waals surface area contributed by atoms with Crippen molar-refractivity contribution < 1.29 is 4.74 Å². The van der Waals surface area contributed by atoms with Crippen LogP contribution in [-0.4, -0.2) is 7.11 Å². The molecule has 2 aromatic rings. The topological polar surface area (TPSA) is 45.0 Å². The second kappa shape index (κ2) is 5.92. The number of methoxy groups -OCH3 is 1. The maximum atomic E-state index is 9.13. The van der Waals surface area contributed by atoms with Crippen molar-refractivity contribution in [3.63, 3.8) is 0 Å². The molecular formula is C16H16N2O. The highest BCUT2D eigenvalue weighted by atomic mass is 16.5. The molecule has 0 aromatic heterocycles. The van der Waals surface area contributed by atoms with Gasteiger partial charge in [-0.15, -0.1) is 0 Å². The molecule has 0 spiro atoms. The Balaban J connectivity index is 2.22. The van der Waals surface area contributed by atoms with Crippen molar-refractivity contribution in [1.29, 1.82) is 5.26 Å². The van der Waals surface area contributed by atoms with E-state index in [0.29, 0.717) is 12.1 Å². The average Bonchev–Trinajstić information content (AvgIpc) is 2.46. The summed E-state index contributed by atoms with van der Waals surface area (Å²) in [6, 6.07) is 15.8. The Labute approximate surface area is 113 Å². The Morgan fingerprint density at radius 1 is 1.16 bits per heavy atom. The first-order valence-corrected chi connectivity index (χ1v) is 6.11. The molecule has 3 heteroatoms. The molecule has 0 bridgehead atoms. The molecule has 0 unspecified atom stereocenters. The van der Waals surface area contributed by atoms with E-state index in [4.69, 9.17) is 10.00 Å². The normalized spacial score (nSPS) is 9.74. The molecule has 0 aliphatic rings. The number of benzene rings is 2. The van der Waals surface area contributed by atoms with Crippen molar-refractivity contribution in [2.75, 3.05) is 12.4 Å². The lowest BCUT2D eigenvalue weighted by molar-refractivity contribution is 0.410. The largest absolute Gasteiger partial charge is 0.496 e. The van der Waals surface area contributed by atoms with Gasteiger partial charge in [0.25, 0.3) is 0 Å². The second-order valence-electron chi connectivity index (χ2n) is 4.27. The minimum Gasteiger partial charge on any atom is -0.496 e. The number of hydrogen-bond acceptors (Lipinski definition) is 3. The predicted molar refractivity (Wildman–Crippen MR) is 76.2 cm³/mol. The standard InChI is InChI=1S/C16H16N2O/c1-12-6-5-8-13(10-17)16(12)18-11-14-7-3-4-9-15(14)19-2/h3-9,18H,11H2,1-2H3. The minimum absolute atomic E-state index is 0.629. The summed E-state index contributed by atoms with van der Waals surface area (Å²) in [7, 11) is 1.66. The maximum absolute atomic E-state index is 9.13. The fourth-order valence-corrected chi connectivity index (χ4v) is 2.03. The minimum atomic E-state index is 0.629. The van der Waals surface area contributed by atoms with Crippen molar-refractivity contribution >= 4 is 5.69 Å². The molecule has 0 fully saturated rings. The highest BCUT2D eigenvalue weighted by molar-refractivity contribution is 5.62. The van der Waals surface area contributed by atoms with Gasteiger partial charge in [0.2, 0.25) is 0 Å².